The van der Waals surface area contributed by atoms with E-state index in [1.165, 1.54) is 19.4 Å². The molecule has 1 aliphatic rings. The molecule has 1 unspecified atom stereocenters. The van der Waals surface area contributed by atoms with Crippen molar-refractivity contribution in [2.75, 3.05) is 30.4 Å². The Hall–Kier alpha value is -1.92. The van der Waals surface area contributed by atoms with E-state index in [0.29, 0.717) is 12.0 Å². The number of nitrogens with zero attached hydrogens (tertiary/aromatic N) is 3. The molecule has 0 aliphatic carbocycles. The van der Waals surface area contributed by atoms with E-state index in [2.05, 4.69) is 32.5 Å². The van der Waals surface area contributed by atoms with Crippen molar-refractivity contribution in [3.63, 3.8) is 0 Å². The largest absolute Gasteiger partial charge is 0.368 e. The lowest BCUT2D eigenvalue weighted by atomic mass is 10.2. The molecule has 0 amide bonds. The number of nitrogens with two attached hydrogens (primary N) is 1. The number of para-hydroxylation sites is 1. The molecule has 1 aliphatic heterocycles. The molecule has 1 aromatic heterocycles. The van der Waals surface area contributed by atoms with Crippen LogP contribution in [0.15, 0.2) is 24.3 Å². The van der Waals surface area contributed by atoms with E-state index in [1.54, 1.807) is 0 Å². The fourth-order valence-corrected chi connectivity index (χ4v) is 3.03. The van der Waals surface area contributed by atoms with E-state index >= 15 is 0 Å². The van der Waals surface area contributed by atoms with Crippen LogP contribution in [-0.2, 0) is 0 Å². The van der Waals surface area contributed by atoms with Crippen molar-refractivity contribution < 1.29 is 0 Å². The normalized spacial score (nSPS) is 19.0. The van der Waals surface area contributed by atoms with Crippen molar-refractivity contribution in [3.05, 3.63) is 24.3 Å². The van der Waals surface area contributed by atoms with Crippen LogP contribution in [0, 0.1) is 0 Å². The van der Waals surface area contributed by atoms with Gasteiger partial charge in [-0.1, -0.05) is 19.1 Å². The molecule has 2 heterocycles. The molecule has 6 nitrogen and oxygen atoms in total. The van der Waals surface area contributed by atoms with E-state index in [9.17, 15) is 0 Å². The summed E-state index contributed by atoms with van der Waals surface area (Å²) in [7, 11) is 0. The second kappa shape index (κ2) is 6.24. The Bertz CT molecular complexity index is 614. The highest BCUT2D eigenvalue weighted by Crippen LogP contribution is 2.23. The first kappa shape index (κ1) is 14.0. The summed E-state index contributed by atoms with van der Waals surface area (Å²) in [6.45, 7) is 5.42. The molecule has 112 valence electrons. The number of fused-ring (bicyclic) bond motifs is 1. The Morgan fingerprint density at radius 2 is 2.19 bits per heavy atom. The minimum atomic E-state index is 0.440. The lowest BCUT2D eigenvalue weighted by Gasteiger charge is -2.23. The van der Waals surface area contributed by atoms with Crippen molar-refractivity contribution in [1.82, 2.24) is 14.9 Å². The van der Waals surface area contributed by atoms with Gasteiger partial charge in [-0.25, -0.2) is 10.8 Å². The van der Waals surface area contributed by atoms with Crippen molar-refractivity contribution in [3.8, 4) is 0 Å². The number of hydrogen-bond donors (Lipinski definition) is 3. The highest BCUT2D eigenvalue weighted by atomic mass is 15.3. The summed E-state index contributed by atoms with van der Waals surface area (Å²) in [6.07, 6.45) is 2.52. The van der Waals surface area contributed by atoms with Gasteiger partial charge in [0.05, 0.1) is 5.52 Å². The average Bonchev–Trinajstić information content (AvgIpc) is 2.99. The number of rotatable bonds is 5. The summed E-state index contributed by atoms with van der Waals surface area (Å²) in [5.74, 6) is 6.74. The summed E-state index contributed by atoms with van der Waals surface area (Å²) in [5.41, 5.74) is 3.43. The first-order valence-electron chi connectivity index (χ1n) is 7.53. The number of hydrazine groups is 1. The smallest absolute Gasteiger partial charge is 0.239 e. The lowest BCUT2D eigenvalue weighted by molar-refractivity contribution is 0.277. The number of hydrogen-bond acceptors (Lipinski definition) is 6. The molecular formula is C15H22N6. The highest BCUT2D eigenvalue weighted by Gasteiger charge is 2.22. The van der Waals surface area contributed by atoms with Gasteiger partial charge in [-0.05, 0) is 38.1 Å². The van der Waals surface area contributed by atoms with Gasteiger partial charge in [0.25, 0.3) is 0 Å². The Morgan fingerprint density at radius 1 is 1.33 bits per heavy atom. The third-order valence-electron chi connectivity index (χ3n) is 4.14. The number of likely N-dealkylation sites (tertiary alicyclic amines) is 1. The quantitative estimate of drug-likeness (QED) is 0.575. The van der Waals surface area contributed by atoms with Crippen LogP contribution < -0.4 is 16.6 Å². The first-order valence-corrected chi connectivity index (χ1v) is 7.53. The van der Waals surface area contributed by atoms with Crippen LogP contribution in [0.4, 0.5) is 11.8 Å². The average molecular weight is 286 g/mol. The minimum absolute atomic E-state index is 0.440. The summed E-state index contributed by atoms with van der Waals surface area (Å²) in [5, 5.41) is 4.51. The summed E-state index contributed by atoms with van der Waals surface area (Å²) in [4.78, 5) is 11.3. The monoisotopic (exact) mass is 286 g/mol. The fourth-order valence-electron chi connectivity index (χ4n) is 3.03. The molecule has 0 spiro atoms. The SMILES string of the molecule is CCN1CCCC1CNc1nc(NN)nc2ccccc12. The molecular weight excluding hydrogens is 264 g/mol. The van der Waals surface area contributed by atoms with Gasteiger partial charge in [0.2, 0.25) is 5.95 Å². The number of nitrogen functional groups attached to an aromatic ring is 1. The predicted octanol–water partition coefficient (Wildman–Crippen LogP) is 1.81. The molecule has 1 atom stereocenters. The van der Waals surface area contributed by atoms with Gasteiger partial charge in [0, 0.05) is 18.0 Å². The molecule has 4 N–H and O–H groups in total. The van der Waals surface area contributed by atoms with Crippen LogP contribution in [0.1, 0.15) is 19.8 Å². The van der Waals surface area contributed by atoms with Gasteiger partial charge in [-0.3, -0.25) is 10.3 Å². The maximum atomic E-state index is 5.46. The van der Waals surface area contributed by atoms with Crippen LogP contribution in [0.25, 0.3) is 10.9 Å². The molecule has 2 aromatic rings. The minimum Gasteiger partial charge on any atom is -0.368 e. The molecule has 3 rings (SSSR count). The third-order valence-corrected chi connectivity index (χ3v) is 4.14. The van der Waals surface area contributed by atoms with Gasteiger partial charge >= 0.3 is 0 Å². The third kappa shape index (κ3) is 2.91. The first-order chi connectivity index (χ1) is 10.3. The van der Waals surface area contributed by atoms with Gasteiger partial charge in [0.1, 0.15) is 5.82 Å². The van der Waals surface area contributed by atoms with Crippen LogP contribution in [0.5, 0.6) is 0 Å². The number of likely N-dealkylation sites (N-methyl/N-ethyl adjacent to an activating group) is 1. The molecule has 21 heavy (non-hydrogen) atoms. The Morgan fingerprint density at radius 3 is 3.00 bits per heavy atom. The number of nitrogens with one attached hydrogen (secondary N) is 2. The molecule has 6 heteroatoms. The van der Waals surface area contributed by atoms with Crippen molar-refractivity contribution >= 4 is 22.7 Å². The summed E-state index contributed by atoms with van der Waals surface area (Å²) >= 11 is 0. The van der Waals surface area contributed by atoms with Gasteiger partial charge < -0.3 is 5.32 Å². The molecule has 0 bridgehead atoms. The van der Waals surface area contributed by atoms with Crippen LogP contribution in [-0.4, -0.2) is 40.5 Å². The Kier molecular flexibility index (Phi) is 4.17. The van der Waals surface area contributed by atoms with Crippen LogP contribution >= 0.6 is 0 Å². The zero-order valence-electron chi connectivity index (χ0n) is 12.3. The second-order valence-electron chi connectivity index (χ2n) is 5.36. The Labute approximate surface area is 124 Å². The number of aromatic nitrogens is 2. The standard InChI is InChI=1S/C15H22N6/c1-2-21-9-5-6-11(21)10-17-14-12-7-3-4-8-13(12)18-15(19-14)20-16/h3-4,7-8,11H,2,5-6,9-10,16H2,1H3,(H2,17,18,19,20). The van der Waals surface area contributed by atoms with E-state index in [4.69, 9.17) is 5.84 Å². The zero-order valence-corrected chi connectivity index (χ0v) is 12.3. The maximum Gasteiger partial charge on any atom is 0.239 e. The molecule has 0 radical (unpaired) electrons. The molecule has 1 aromatic carbocycles. The second-order valence-corrected chi connectivity index (χ2v) is 5.36. The van der Waals surface area contributed by atoms with E-state index < -0.39 is 0 Å². The maximum absolute atomic E-state index is 5.46. The Balaban J connectivity index is 1.82. The molecule has 1 fully saturated rings. The fraction of sp³-hybridized carbons (Fsp3) is 0.467. The van der Waals surface area contributed by atoms with E-state index in [1.807, 2.05) is 24.3 Å². The predicted molar refractivity (Wildman–Crippen MR) is 86.1 cm³/mol. The number of anilines is 2. The summed E-state index contributed by atoms with van der Waals surface area (Å²) < 4.78 is 0. The van der Waals surface area contributed by atoms with Crippen molar-refractivity contribution in [2.24, 2.45) is 5.84 Å². The highest BCUT2D eigenvalue weighted by molar-refractivity contribution is 5.89. The molecule has 1 saturated heterocycles. The van der Waals surface area contributed by atoms with Crippen molar-refractivity contribution in [2.45, 2.75) is 25.8 Å². The van der Waals surface area contributed by atoms with Crippen LogP contribution in [0.3, 0.4) is 0 Å². The van der Waals surface area contributed by atoms with E-state index in [0.717, 1.165) is 29.8 Å². The van der Waals surface area contributed by atoms with Gasteiger partial charge in [0.15, 0.2) is 0 Å². The zero-order chi connectivity index (χ0) is 14.7. The lowest BCUT2D eigenvalue weighted by Crippen LogP contribution is -2.34. The molecule has 0 saturated carbocycles. The van der Waals surface area contributed by atoms with Gasteiger partial charge in [-0.2, -0.15) is 4.98 Å². The van der Waals surface area contributed by atoms with Crippen molar-refractivity contribution in [1.29, 1.82) is 0 Å². The summed E-state index contributed by atoms with van der Waals surface area (Å²) in [6, 6.07) is 8.55. The number of benzene rings is 1. The van der Waals surface area contributed by atoms with E-state index in [-0.39, 0.29) is 0 Å². The van der Waals surface area contributed by atoms with Crippen LogP contribution in [0.2, 0.25) is 0 Å². The van der Waals surface area contributed by atoms with Gasteiger partial charge in [-0.15, -0.1) is 0 Å². The topological polar surface area (TPSA) is 79.1 Å².